The average molecular weight is 537 g/mol. The Morgan fingerprint density at radius 3 is 2.38 bits per heavy atom. The van der Waals surface area contributed by atoms with Gasteiger partial charge in [-0.1, -0.05) is 34.8 Å². The van der Waals surface area contributed by atoms with Crippen molar-refractivity contribution in [3.63, 3.8) is 0 Å². The van der Waals surface area contributed by atoms with Crippen LogP contribution in [0.4, 0.5) is 5.69 Å². The maximum atomic E-state index is 12.8. The molecule has 0 saturated carbocycles. The van der Waals surface area contributed by atoms with Crippen molar-refractivity contribution in [3.05, 3.63) is 73.4 Å². The topological polar surface area (TPSA) is 68.3 Å². The molecule has 3 aromatic rings. The summed E-state index contributed by atoms with van der Waals surface area (Å²) in [6, 6.07) is 7.76. The van der Waals surface area contributed by atoms with Crippen LogP contribution in [0.3, 0.4) is 0 Å². The monoisotopic (exact) mass is 534 g/mol. The summed E-state index contributed by atoms with van der Waals surface area (Å²) in [5, 5.41) is 0.871. The smallest absolute Gasteiger partial charge is 0.263 e. The van der Waals surface area contributed by atoms with Gasteiger partial charge in [-0.15, -0.1) is 0 Å². The highest BCUT2D eigenvalue weighted by Gasteiger charge is 2.21. The molecule has 5 nitrogen and oxygen atoms in total. The van der Waals surface area contributed by atoms with E-state index in [1.54, 1.807) is 32.0 Å². The van der Waals surface area contributed by atoms with Gasteiger partial charge >= 0.3 is 0 Å². The molecule has 29 heavy (non-hydrogen) atoms. The van der Waals surface area contributed by atoms with Crippen molar-refractivity contribution in [3.8, 4) is 11.5 Å². The quantitative estimate of drug-likeness (QED) is 0.381. The molecule has 0 aliphatic heterocycles. The zero-order chi connectivity index (χ0) is 21.3. The van der Waals surface area contributed by atoms with Crippen molar-refractivity contribution >= 4 is 66.4 Å². The van der Waals surface area contributed by atoms with Gasteiger partial charge in [0, 0.05) is 21.8 Å². The number of rotatable bonds is 5. The van der Waals surface area contributed by atoms with Crippen LogP contribution >= 0.6 is 50.7 Å². The predicted octanol–water partition coefficient (Wildman–Crippen LogP) is 7.01. The lowest BCUT2D eigenvalue weighted by Crippen LogP contribution is -2.14. The molecule has 0 amide bonds. The van der Waals surface area contributed by atoms with Crippen LogP contribution in [0.5, 0.6) is 11.5 Å². The van der Waals surface area contributed by atoms with Gasteiger partial charge in [-0.3, -0.25) is 9.71 Å². The van der Waals surface area contributed by atoms with Crippen LogP contribution in [0.2, 0.25) is 15.1 Å². The Morgan fingerprint density at radius 2 is 1.69 bits per heavy atom. The van der Waals surface area contributed by atoms with E-state index in [0.717, 1.165) is 0 Å². The fourth-order valence-corrected chi connectivity index (χ4v) is 5.08. The van der Waals surface area contributed by atoms with Gasteiger partial charge in [0.25, 0.3) is 10.0 Å². The molecule has 0 bridgehead atoms. The molecule has 0 aliphatic rings. The Kier molecular flexibility index (Phi) is 6.65. The second-order valence-corrected chi connectivity index (χ2v) is 9.93. The molecule has 0 radical (unpaired) electrons. The molecule has 1 N–H and O–H groups in total. The van der Waals surface area contributed by atoms with E-state index in [0.29, 0.717) is 42.8 Å². The van der Waals surface area contributed by atoms with Crippen LogP contribution in [0, 0.1) is 13.8 Å². The zero-order valence-corrected chi connectivity index (χ0v) is 19.8. The number of pyridine rings is 1. The molecule has 0 unspecified atom stereocenters. The number of nitrogens with zero attached hydrogens (tertiary/aromatic N) is 1. The number of benzene rings is 2. The SMILES string of the molecule is Cc1cc(S(=O)(=O)Nc2cc(C)c(Oc3cncc(Cl)c3)cc2Br)c(Cl)cc1Cl. The molecule has 1 aromatic heterocycles. The maximum Gasteiger partial charge on any atom is 0.263 e. The molecule has 2 aromatic carbocycles. The van der Waals surface area contributed by atoms with Gasteiger partial charge in [-0.05, 0) is 65.2 Å². The van der Waals surface area contributed by atoms with Crippen molar-refractivity contribution in [1.29, 1.82) is 0 Å². The molecule has 1 heterocycles. The van der Waals surface area contributed by atoms with Crippen molar-refractivity contribution in [2.24, 2.45) is 0 Å². The maximum absolute atomic E-state index is 12.8. The first-order chi connectivity index (χ1) is 13.6. The first-order valence-electron chi connectivity index (χ1n) is 8.14. The van der Waals surface area contributed by atoms with Crippen LogP contribution in [-0.2, 0) is 10.0 Å². The minimum Gasteiger partial charge on any atom is -0.455 e. The Labute approximate surface area is 192 Å². The van der Waals surface area contributed by atoms with Gasteiger partial charge in [-0.25, -0.2) is 8.42 Å². The minimum atomic E-state index is -3.94. The molecule has 0 fully saturated rings. The number of halogens is 4. The van der Waals surface area contributed by atoms with Gasteiger partial charge in [0.05, 0.1) is 21.9 Å². The van der Waals surface area contributed by atoms with Crippen molar-refractivity contribution < 1.29 is 13.2 Å². The second kappa shape index (κ2) is 8.70. The molecule has 10 heteroatoms. The van der Waals surface area contributed by atoms with E-state index in [-0.39, 0.29) is 9.92 Å². The lowest BCUT2D eigenvalue weighted by molar-refractivity contribution is 0.476. The lowest BCUT2D eigenvalue weighted by atomic mass is 10.2. The number of anilines is 1. The Balaban J connectivity index is 1.92. The van der Waals surface area contributed by atoms with Gasteiger partial charge in [0.2, 0.25) is 0 Å². The molecular formula is C19H14BrCl3N2O3S. The second-order valence-electron chi connectivity index (χ2n) is 6.18. The summed E-state index contributed by atoms with van der Waals surface area (Å²) < 4.78 is 34.5. The van der Waals surface area contributed by atoms with E-state index in [2.05, 4.69) is 25.6 Å². The number of ether oxygens (including phenoxy) is 1. The normalized spacial score (nSPS) is 11.4. The fourth-order valence-electron chi connectivity index (χ4n) is 2.46. The molecule has 0 saturated heterocycles. The zero-order valence-electron chi connectivity index (χ0n) is 15.1. The first-order valence-corrected chi connectivity index (χ1v) is 11.5. The predicted molar refractivity (Wildman–Crippen MR) is 120 cm³/mol. The van der Waals surface area contributed by atoms with E-state index >= 15 is 0 Å². The summed E-state index contributed by atoms with van der Waals surface area (Å²) in [5.41, 5.74) is 1.64. The van der Waals surface area contributed by atoms with Crippen LogP contribution in [0.1, 0.15) is 11.1 Å². The number of sulfonamides is 1. The summed E-state index contributed by atoms with van der Waals surface area (Å²) in [7, 11) is -3.94. The summed E-state index contributed by atoms with van der Waals surface area (Å²) in [6.07, 6.45) is 3.03. The molecule has 0 spiro atoms. The molecular weight excluding hydrogens is 523 g/mol. The standard InChI is InChI=1S/C19H14BrCl3N2O3S/c1-10-4-19(16(23)7-15(10)22)29(26,27)25-17-3-11(2)18(6-14(17)20)28-13-5-12(21)8-24-9-13/h3-9,25H,1-2H3. The van der Waals surface area contributed by atoms with Crippen molar-refractivity contribution in [1.82, 2.24) is 4.98 Å². The minimum absolute atomic E-state index is 0.0364. The fraction of sp³-hybridized carbons (Fsp3) is 0.105. The first kappa shape index (κ1) is 22.2. The van der Waals surface area contributed by atoms with Gasteiger partial charge < -0.3 is 4.74 Å². The summed E-state index contributed by atoms with van der Waals surface area (Å²) in [6.45, 7) is 3.49. The number of hydrogen-bond acceptors (Lipinski definition) is 4. The largest absolute Gasteiger partial charge is 0.455 e. The van der Waals surface area contributed by atoms with E-state index in [1.807, 2.05) is 0 Å². The van der Waals surface area contributed by atoms with Gasteiger partial charge in [-0.2, -0.15) is 0 Å². The number of aryl methyl sites for hydroxylation is 2. The highest BCUT2D eigenvalue weighted by Crippen LogP contribution is 2.36. The highest BCUT2D eigenvalue weighted by atomic mass is 79.9. The van der Waals surface area contributed by atoms with E-state index in [1.165, 1.54) is 24.5 Å². The summed E-state index contributed by atoms with van der Waals surface area (Å²) in [4.78, 5) is 3.91. The Hall–Kier alpha value is -1.51. The van der Waals surface area contributed by atoms with Gasteiger partial charge in [0.15, 0.2) is 0 Å². The summed E-state index contributed by atoms with van der Waals surface area (Å²) >= 11 is 21.4. The Morgan fingerprint density at radius 1 is 0.966 bits per heavy atom. The molecule has 0 atom stereocenters. The number of nitrogens with one attached hydrogen (secondary N) is 1. The van der Waals surface area contributed by atoms with E-state index in [4.69, 9.17) is 39.5 Å². The number of aromatic nitrogens is 1. The third-order valence-corrected chi connectivity index (χ3v) is 7.02. The van der Waals surface area contributed by atoms with Crippen LogP contribution in [-0.4, -0.2) is 13.4 Å². The highest BCUT2D eigenvalue weighted by molar-refractivity contribution is 9.10. The third kappa shape index (κ3) is 5.16. The van der Waals surface area contributed by atoms with Crippen LogP contribution in [0.25, 0.3) is 0 Å². The third-order valence-electron chi connectivity index (χ3n) is 3.92. The molecule has 152 valence electrons. The average Bonchev–Trinajstić information content (AvgIpc) is 2.62. The molecule has 0 aliphatic carbocycles. The van der Waals surface area contributed by atoms with Gasteiger partial charge in [0.1, 0.15) is 16.4 Å². The molecule has 3 rings (SSSR count). The van der Waals surface area contributed by atoms with Crippen LogP contribution < -0.4 is 9.46 Å². The van der Waals surface area contributed by atoms with Crippen molar-refractivity contribution in [2.45, 2.75) is 18.7 Å². The van der Waals surface area contributed by atoms with Crippen LogP contribution in [0.15, 0.2) is 52.1 Å². The van der Waals surface area contributed by atoms with E-state index in [9.17, 15) is 8.42 Å². The number of hydrogen-bond donors (Lipinski definition) is 1. The Bertz CT molecular complexity index is 1200. The lowest BCUT2D eigenvalue weighted by Gasteiger charge is -2.15. The van der Waals surface area contributed by atoms with Crippen molar-refractivity contribution in [2.75, 3.05) is 4.72 Å². The van der Waals surface area contributed by atoms with E-state index < -0.39 is 10.0 Å². The summed E-state index contributed by atoms with van der Waals surface area (Å²) in [5.74, 6) is 0.980.